The fourth-order valence-corrected chi connectivity index (χ4v) is 4.11. The molecule has 3 nitrogen and oxygen atoms in total. The number of amides is 1. The molecular weight excluding hydrogens is 224 g/mol. The highest BCUT2D eigenvalue weighted by molar-refractivity contribution is 5.77. The SMILES string of the molecule is O=C(CCC1CCCCC1)N1CC[C@@H]2CNC[C@@H]21. The average Bonchev–Trinajstić information content (AvgIpc) is 2.99. The van der Waals surface area contributed by atoms with Crippen molar-refractivity contribution in [3.63, 3.8) is 0 Å². The molecule has 0 aromatic heterocycles. The van der Waals surface area contributed by atoms with Crippen molar-refractivity contribution in [2.24, 2.45) is 11.8 Å². The first-order valence-electron chi connectivity index (χ1n) is 7.85. The highest BCUT2D eigenvalue weighted by Gasteiger charge is 2.39. The highest BCUT2D eigenvalue weighted by Crippen LogP contribution is 2.30. The van der Waals surface area contributed by atoms with Gasteiger partial charge in [-0.25, -0.2) is 0 Å². The molecule has 3 aliphatic rings. The van der Waals surface area contributed by atoms with E-state index in [1.165, 1.54) is 38.5 Å². The number of hydrogen-bond donors (Lipinski definition) is 1. The van der Waals surface area contributed by atoms with Crippen LogP contribution in [0.1, 0.15) is 51.4 Å². The Morgan fingerprint density at radius 3 is 2.78 bits per heavy atom. The smallest absolute Gasteiger partial charge is 0.222 e. The molecule has 3 rings (SSSR count). The molecule has 2 aliphatic heterocycles. The third-order valence-electron chi connectivity index (χ3n) is 5.26. The molecule has 3 fully saturated rings. The van der Waals surface area contributed by atoms with Crippen molar-refractivity contribution >= 4 is 5.91 Å². The first-order valence-corrected chi connectivity index (χ1v) is 7.85. The van der Waals surface area contributed by atoms with E-state index in [1.54, 1.807) is 0 Å². The van der Waals surface area contributed by atoms with E-state index in [9.17, 15) is 4.79 Å². The van der Waals surface area contributed by atoms with Gasteiger partial charge >= 0.3 is 0 Å². The zero-order valence-corrected chi connectivity index (χ0v) is 11.4. The van der Waals surface area contributed by atoms with Gasteiger partial charge in [-0.2, -0.15) is 0 Å². The predicted molar refractivity (Wildman–Crippen MR) is 72.3 cm³/mol. The first kappa shape index (κ1) is 12.5. The molecule has 1 saturated carbocycles. The van der Waals surface area contributed by atoms with Crippen molar-refractivity contribution in [1.29, 1.82) is 0 Å². The van der Waals surface area contributed by atoms with Crippen molar-refractivity contribution in [3.05, 3.63) is 0 Å². The number of carbonyl (C=O) groups is 1. The summed E-state index contributed by atoms with van der Waals surface area (Å²) in [5.74, 6) is 2.00. The van der Waals surface area contributed by atoms with Gasteiger partial charge < -0.3 is 10.2 Å². The molecule has 0 radical (unpaired) electrons. The van der Waals surface area contributed by atoms with Crippen molar-refractivity contribution in [2.45, 2.75) is 57.4 Å². The molecule has 2 atom stereocenters. The second kappa shape index (κ2) is 5.60. The Kier molecular flexibility index (Phi) is 3.88. The van der Waals surface area contributed by atoms with Crippen LogP contribution in [0.15, 0.2) is 0 Å². The maximum atomic E-state index is 12.3. The predicted octanol–water partition coefficient (Wildman–Crippen LogP) is 2.17. The van der Waals surface area contributed by atoms with E-state index in [2.05, 4.69) is 10.2 Å². The van der Waals surface area contributed by atoms with E-state index in [1.807, 2.05) is 0 Å². The zero-order chi connectivity index (χ0) is 12.4. The molecule has 0 unspecified atom stereocenters. The second-order valence-electron chi connectivity index (χ2n) is 6.40. The maximum absolute atomic E-state index is 12.3. The molecule has 3 heteroatoms. The molecule has 102 valence electrons. The van der Waals surface area contributed by atoms with Gasteiger partial charge in [0.2, 0.25) is 5.91 Å². The molecular formula is C15H26N2O. The van der Waals surface area contributed by atoms with E-state index < -0.39 is 0 Å². The Balaban J connectivity index is 1.46. The summed E-state index contributed by atoms with van der Waals surface area (Å²) in [4.78, 5) is 14.5. The van der Waals surface area contributed by atoms with Gasteiger partial charge in [-0.05, 0) is 24.7 Å². The minimum Gasteiger partial charge on any atom is -0.338 e. The normalized spacial score (nSPS) is 32.8. The van der Waals surface area contributed by atoms with Crippen molar-refractivity contribution in [1.82, 2.24) is 10.2 Å². The number of likely N-dealkylation sites (tertiary alicyclic amines) is 1. The Hall–Kier alpha value is -0.570. The zero-order valence-electron chi connectivity index (χ0n) is 11.4. The molecule has 18 heavy (non-hydrogen) atoms. The molecule has 0 bridgehead atoms. The van der Waals surface area contributed by atoms with Gasteiger partial charge in [-0.15, -0.1) is 0 Å². The van der Waals surface area contributed by atoms with E-state index in [0.29, 0.717) is 11.9 Å². The number of carbonyl (C=O) groups excluding carboxylic acids is 1. The molecule has 2 heterocycles. The van der Waals surface area contributed by atoms with E-state index in [4.69, 9.17) is 0 Å². The molecule has 1 N–H and O–H groups in total. The molecule has 0 aromatic rings. The second-order valence-corrected chi connectivity index (χ2v) is 6.40. The molecule has 2 saturated heterocycles. The minimum atomic E-state index is 0.428. The van der Waals surface area contributed by atoms with Gasteiger partial charge in [0.15, 0.2) is 0 Å². The van der Waals surface area contributed by atoms with Crippen molar-refractivity contribution in [2.75, 3.05) is 19.6 Å². The summed E-state index contributed by atoms with van der Waals surface area (Å²) in [5, 5.41) is 3.42. The molecule has 1 amide bonds. The fourth-order valence-electron chi connectivity index (χ4n) is 4.11. The van der Waals surface area contributed by atoms with Crippen LogP contribution in [-0.2, 0) is 4.79 Å². The Morgan fingerprint density at radius 2 is 1.94 bits per heavy atom. The number of fused-ring (bicyclic) bond motifs is 1. The van der Waals surface area contributed by atoms with Crippen molar-refractivity contribution < 1.29 is 4.79 Å². The summed E-state index contributed by atoms with van der Waals surface area (Å²) in [5.41, 5.74) is 0. The summed E-state index contributed by atoms with van der Waals surface area (Å²) in [6.07, 6.45) is 10.1. The van der Waals surface area contributed by atoms with Gasteiger partial charge in [0.1, 0.15) is 0 Å². The van der Waals surface area contributed by atoms with Crippen molar-refractivity contribution in [3.8, 4) is 0 Å². The van der Waals surface area contributed by atoms with Crippen LogP contribution in [0, 0.1) is 11.8 Å². The Labute approximate surface area is 110 Å². The van der Waals surface area contributed by atoms with Crippen LogP contribution < -0.4 is 5.32 Å². The van der Waals surface area contributed by atoms with E-state index >= 15 is 0 Å². The number of nitrogens with zero attached hydrogens (tertiary/aromatic N) is 1. The minimum absolute atomic E-state index is 0.428. The van der Waals surface area contributed by atoms with Gasteiger partial charge in [0.25, 0.3) is 0 Å². The van der Waals surface area contributed by atoms with Crippen LogP contribution >= 0.6 is 0 Å². The monoisotopic (exact) mass is 250 g/mol. The maximum Gasteiger partial charge on any atom is 0.222 e. The lowest BCUT2D eigenvalue weighted by atomic mass is 9.86. The van der Waals surface area contributed by atoms with Crippen LogP contribution in [0.3, 0.4) is 0 Å². The standard InChI is InChI=1S/C15H26N2O/c18-15(7-6-12-4-2-1-3-5-12)17-9-8-13-10-16-11-14(13)17/h12-14,16H,1-11H2/t13-,14+/m1/s1. The number of rotatable bonds is 3. The lowest BCUT2D eigenvalue weighted by Gasteiger charge is -2.26. The average molecular weight is 250 g/mol. The quantitative estimate of drug-likeness (QED) is 0.832. The highest BCUT2D eigenvalue weighted by atomic mass is 16.2. The first-order chi connectivity index (χ1) is 8.84. The van der Waals surface area contributed by atoms with Crippen LogP contribution in [0.2, 0.25) is 0 Å². The Bertz CT molecular complexity index is 299. The summed E-state index contributed by atoms with van der Waals surface area (Å²) < 4.78 is 0. The summed E-state index contributed by atoms with van der Waals surface area (Å²) in [6, 6.07) is 0.517. The van der Waals surface area contributed by atoms with Crippen LogP contribution in [-0.4, -0.2) is 36.5 Å². The van der Waals surface area contributed by atoms with E-state index in [0.717, 1.165) is 44.3 Å². The van der Waals surface area contributed by atoms with Crippen LogP contribution in [0.5, 0.6) is 0 Å². The van der Waals surface area contributed by atoms with Gasteiger partial charge in [-0.3, -0.25) is 4.79 Å². The Morgan fingerprint density at radius 1 is 1.11 bits per heavy atom. The third kappa shape index (κ3) is 2.56. The molecule has 0 spiro atoms. The third-order valence-corrected chi connectivity index (χ3v) is 5.26. The topological polar surface area (TPSA) is 32.3 Å². The summed E-state index contributed by atoms with van der Waals surface area (Å²) in [6.45, 7) is 3.16. The lowest BCUT2D eigenvalue weighted by Crippen LogP contribution is -2.39. The van der Waals surface area contributed by atoms with Gasteiger partial charge in [0, 0.05) is 32.1 Å². The number of nitrogens with one attached hydrogen (secondary N) is 1. The molecule has 0 aromatic carbocycles. The molecule has 1 aliphatic carbocycles. The van der Waals surface area contributed by atoms with Crippen LogP contribution in [0.25, 0.3) is 0 Å². The van der Waals surface area contributed by atoms with Gasteiger partial charge in [-0.1, -0.05) is 32.1 Å². The van der Waals surface area contributed by atoms with Crippen LogP contribution in [0.4, 0.5) is 0 Å². The van der Waals surface area contributed by atoms with Gasteiger partial charge in [0.05, 0.1) is 0 Å². The number of hydrogen-bond acceptors (Lipinski definition) is 2. The largest absolute Gasteiger partial charge is 0.338 e. The lowest BCUT2D eigenvalue weighted by molar-refractivity contribution is -0.132. The summed E-state index contributed by atoms with van der Waals surface area (Å²) >= 11 is 0. The fraction of sp³-hybridized carbons (Fsp3) is 0.933. The summed E-state index contributed by atoms with van der Waals surface area (Å²) in [7, 11) is 0. The van der Waals surface area contributed by atoms with E-state index in [-0.39, 0.29) is 0 Å².